The standard InChI is InChI=1S/C18H25N3O4S/c1-14(2)25-16-6-8-18(9-7-16)26(22,23)20-15-11-19-21(12-15)13-17-5-3-4-10-24-17/h6-9,11-12,14,17,20H,3-5,10,13H2,1-2H3. The van der Waals surface area contributed by atoms with Crippen molar-refractivity contribution >= 4 is 15.7 Å². The van der Waals surface area contributed by atoms with Crippen LogP contribution >= 0.6 is 0 Å². The van der Waals surface area contributed by atoms with Crippen molar-refractivity contribution in [1.82, 2.24) is 9.78 Å². The van der Waals surface area contributed by atoms with Gasteiger partial charge in [-0.1, -0.05) is 0 Å². The zero-order valence-electron chi connectivity index (χ0n) is 15.1. The Bertz CT molecular complexity index is 809. The largest absolute Gasteiger partial charge is 0.491 e. The molecular weight excluding hydrogens is 354 g/mol. The molecule has 1 N–H and O–H groups in total. The lowest BCUT2D eigenvalue weighted by molar-refractivity contribution is 0.00401. The molecule has 0 saturated carbocycles. The molecule has 0 radical (unpaired) electrons. The van der Waals surface area contributed by atoms with Crippen molar-refractivity contribution in [1.29, 1.82) is 0 Å². The molecule has 0 spiro atoms. The Labute approximate surface area is 154 Å². The molecule has 2 aromatic rings. The van der Waals surface area contributed by atoms with Gasteiger partial charge in [0.25, 0.3) is 10.0 Å². The van der Waals surface area contributed by atoms with Crippen molar-refractivity contribution in [3.8, 4) is 5.75 Å². The minimum Gasteiger partial charge on any atom is -0.491 e. The van der Waals surface area contributed by atoms with E-state index in [1.807, 2.05) is 13.8 Å². The lowest BCUT2D eigenvalue weighted by Crippen LogP contribution is -2.24. The number of benzene rings is 1. The fourth-order valence-electron chi connectivity index (χ4n) is 2.86. The maximum atomic E-state index is 12.5. The van der Waals surface area contributed by atoms with E-state index in [1.54, 1.807) is 23.0 Å². The highest BCUT2D eigenvalue weighted by Gasteiger charge is 2.17. The Morgan fingerprint density at radius 2 is 2.08 bits per heavy atom. The molecule has 0 aliphatic carbocycles. The molecule has 1 aliphatic rings. The second-order valence-electron chi connectivity index (χ2n) is 6.68. The van der Waals surface area contributed by atoms with Gasteiger partial charge in [-0.25, -0.2) is 8.42 Å². The quantitative estimate of drug-likeness (QED) is 0.799. The lowest BCUT2D eigenvalue weighted by Gasteiger charge is -2.22. The molecule has 1 fully saturated rings. The van der Waals surface area contributed by atoms with Crippen LogP contribution in [0.25, 0.3) is 0 Å². The lowest BCUT2D eigenvalue weighted by atomic mass is 10.1. The number of hydrogen-bond acceptors (Lipinski definition) is 5. The molecular formula is C18H25N3O4S. The van der Waals surface area contributed by atoms with Crippen LogP contribution < -0.4 is 9.46 Å². The van der Waals surface area contributed by atoms with Gasteiger partial charge in [0.2, 0.25) is 0 Å². The van der Waals surface area contributed by atoms with Crippen LogP contribution in [0.5, 0.6) is 5.75 Å². The smallest absolute Gasteiger partial charge is 0.261 e. The molecule has 1 aromatic heterocycles. The highest BCUT2D eigenvalue weighted by molar-refractivity contribution is 7.92. The third-order valence-electron chi connectivity index (χ3n) is 4.06. The predicted molar refractivity (Wildman–Crippen MR) is 98.8 cm³/mol. The summed E-state index contributed by atoms with van der Waals surface area (Å²) >= 11 is 0. The van der Waals surface area contributed by atoms with Crippen LogP contribution in [0.3, 0.4) is 0 Å². The van der Waals surface area contributed by atoms with Gasteiger partial charge in [0.15, 0.2) is 0 Å². The summed E-state index contributed by atoms with van der Waals surface area (Å²) in [7, 11) is -3.67. The second-order valence-corrected chi connectivity index (χ2v) is 8.37. The fraction of sp³-hybridized carbons (Fsp3) is 0.500. The van der Waals surface area contributed by atoms with E-state index in [1.165, 1.54) is 18.3 Å². The number of anilines is 1. The molecule has 1 aliphatic heterocycles. The molecule has 1 aromatic carbocycles. The molecule has 1 saturated heterocycles. The SMILES string of the molecule is CC(C)Oc1ccc(S(=O)(=O)Nc2cnn(CC3CCCCO3)c2)cc1. The molecule has 0 amide bonds. The first-order chi connectivity index (χ1) is 12.4. The zero-order valence-corrected chi connectivity index (χ0v) is 15.9. The summed E-state index contributed by atoms with van der Waals surface area (Å²) in [6, 6.07) is 6.36. The summed E-state index contributed by atoms with van der Waals surface area (Å²) in [5.41, 5.74) is 0.434. The van der Waals surface area contributed by atoms with E-state index in [0.717, 1.165) is 25.9 Å². The molecule has 1 atom stereocenters. The van der Waals surface area contributed by atoms with Crippen molar-refractivity contribution in [2.24, 2.45) is 0 Å². The van der Waals surface area contributed by atoms with Gasteiger partial charge in [-0.3, -0.25) is 9.40 Å². The molecule has 7 nitrogen and oxygen atoms in total. The summed E-state index contributed by atoms with van der Waals surface area (Å²) in [5.74, 6) is 0.638. The van der Waals surface area contributed by atoms with Crippen molar-refractivity contribution in [3.05, 3.63) is 36.7 Å². The average molecular weight is 379 g/mol. The number of hydrogen-bond donors (Lipinski definition) is 1. The second kappa shape index (κ2) is 8.09. The Hall–Kier alpha value is -2.06. The number of nitrogens with zero attached hydrogens (tertiary/aromatic N) is 2. The number of rotatable bonds is 7. The first-order valence-electron chi connectivity index (χ1n) is 8.86. The van der Waals surface area contributed by atoms with Gasteiger partial charge in [-0.15, -0.1) is 0 Å². The van der Waals surface area contributed by atoms with E-state index in [0.29, 0.717) is 18.0 Å². The molecule has 0 bridgehead atoms. The van der Waals surface area contributed by atoms with Crippen LogP contribution in [0.4, 0.5) is 5.69 Å². The van der Waals surface area contributed by atoms with Crippen molar-refractivity contribution in [3.63, 3.8) is 0 Å². The molecule has 2 heterocycles. The normalized spacial score (nSPS) is 18.0. The van der Waals surface area contributed by atoms with Gasteiger partial charge >= 0.3 is 0 Å². The molecule has 8 heteroatoms. The number of sulfonamides is 1. The van der Waals surface area contributed by atoms with Crippen LogP contribution in [0.1, 0.15) is 33.1 Å². The van der Waals surface area contributed by atoms with Gasteiger partial charge in [-0.2, -0.15) is 5.10 Å². The van der Waals surface area contributed by atoms with Gasteiger partial charge in [0.1, 0.15) is 5.75 Å². The van der Waals surface area contributed by atoms with Crippen LogP contribution in [-0.4, -0.2) is 37.0 Å². The van der Waals surface area contributed by atoms with E-state index in [9.17, 15) is 8.42 Å². The fourth-order valence-corrected chi connectivity index (χ4v) is 3.89. The maximum Gasteiger partial charge on any atom is 0.261 e. The van der Waals surface area contributed by atoms with Crippen molar-refractivity contribution in [2.45, 2.75) is 56.8 Å². The van der Waals surface area contributed by atoms with Gasteiger partial charge in [0, 0.05) is 12.8 Å². The summed E-state index contributed by atoms with van der Waals surface area (Å²) in [6.07, 6.45) is 6.63. The zero-order chi connectivity index (χ0) is 18.6. The summed E-state index contributed by atoms with van der Waals surface area (Å²) < 4.78 is 40.5. The van der Waals surface area contributed by atoms with Crippen LogP contribution in [0, 0.1) is 0 Å². The van der Waals surface area contributed by atoms with Crippen molar-refractivity contribution < 1.29 is 17.9 Å². The number of aromatic nitrogens is 2. The summed E-state index contributed by atoms with van der Waals surface area (Å²) in [4.78, 5) is 0.178. The maximum absolute atomic E-state index is 12.5. The molecule has 1 unspecified atom stereocenters. The van der Waals surface area contributed by atoms with Crippen LogP contribution in [0.15, 0.2) is 41.6 Å². The Balaban J connectivity index is 1.63. The van der Waals surface area contributed by atoms with Gasteiger partial charge in [-0.05, 0) is 57.4 Å². The van der Waals surface area contributed by atoms with E-state index < -0.39 is 10.0 Å². The first-order valence-corrected chi connectivity index (χ1v) is 10.3. The minimum atomic E-state index is -3.67. The molecule has 3 rings (SSSR count). The van der Waals surface area contributed by atoms with Gasteiger partial charge < -0.3 is 9.47 Å². The number of ether oxygens (including phenoxy) is 2. The van der Waals surface area contributed by atoms with E-state index in [4.69, 9.17) is 9.47 Å². The first kappa shape index (κ1) is 18.7. The highest BCUT2D eigenvalue weighted by Crippen LogP contribution is 2.20. The Morgan fingerprint density at radius 1 is 1.31 bits per heavy atom. The van der Waals surface area contributed by atoms with Crippen LogP contribution in [0.2, 0.25) is 0 Å². The molecule has 142 valence electrons. The third-order valence-corrected chi connectivity index (χ3v) is 5.45. The summed E-state index contributed by atoms with van der Waals surface area (Å²) in [5, 5.41) is 4.22. The third kappa shape index (κ3) is 4.98. The Kier molecular flexibility index (Phi) is 5.83. The monoisotopic (exact) mass is 379 g/mol. The minimum absolute atomic E-state index is 0.0366. The average Bonchev–Trinajstić information content (AvgIpc) is 3.02. The van der Waals surface area contributed by atoms with E-state index in [-0.39, 0.29) is 17.1 Å². The van der Waals surface area contributed by atoms with Gasteiger partial charge in [0.05, 0.1) is 35.5 Å². The van der Waals surface area contributed by atoms with Crippen LogP contribution in [-0.2, 0) is 21.3 Å². The highest BCUT2D eigenvalue weighted by atomic mass is 32.2. The predicted octanol–water partition coefficient (Wildman–Crippen LogP) is 3.04. The Morgan fingerprint density at radius 3 is 2.73 bits per heavy atom. The topological polar surface area (TPSA) is 82.5 Å². The van der Waals surface area contributed by atoms with E-state index >= 15 is 0 Å². The number of nitrogens with one attached hydrogen (secondary N) is 1. The summed E-state index contributed by atoms with van der Waals surface area (Å²) in [6.45, 7) is 5.25. The van der Waals surface area contributed by atoms with E-state index in [2.05, 4.69) is 9.82 Å². The van der Waals surface area contributed by atoms with Crippen molar-refractivity contribution in [2.75, 3.05) is 11.3 Å². The molecule has 26 heavy (non-hydrogen) atoms.